The molecule has 0 bridgehead atoms. The number of carbonyl (C=O) groups is 1. The smallest absolute Gasteiger partial charge is 0.408 e. The van der Waals surface area contributed by atoms with Gasteiger partial charge >= 0.3 is 6.09 Å². The Hall–Kier alpha value is -0.440. The predicted molar refractivity (Wildman–Crippen MR) is 54.2 cm³/mol. The van der Waals surface area contributed by atoms with E-state index in [2.05, 4.69) is 5.32 Å². The molecular formula is C9H18ClNO2. The lowest BCUT2D eigenvalue weighted by Gasteiger charge is -2.26. The fraction of sp³-hybridized carbons (Fsp3) is 0.889. The maximum absolute atomic E-state index is 11.2. The van der Waals surface area contributed by atoms with Crippen LogP contribution < -0.4 is 5.32 Å². The summed E-state index contributed by atoms with van der Waals surface area (Å²) in [6.07, 6.45) is -0.432. The number of halogens is 1. The Morgan fingerprint density at radius 1 is 1.31 bits per heavy atom. The van der Waals surface area contributed by atoms with Gasteiger partial charge in [0.15, 0.2) is 0 Å². The predicted octanol–water partition coefficient (Wildman–Crippen LogP) is 2.53. The van der Waals surface area contributed by atoms with Crippen LogP contribution in [0.25, 0.3) is 0 Å². The van der Waals surface area contributed by atoms with Crippen molar-refractivity contribution in [2.45, 2.75) is 45.8 Å². The first-order valence-corrected chi connectivity index (χ1v) is 4.77. The van der Waals surface area contributed by atoms with E-state index in [0.717, 1.165) is 0 Å². The summed E-state index contributed by atoms with van der Waals surface area (Å²) in [4.78, 5) is 11.2. The molecular weight excluding hydrogens is 190 g/mol. The van der Waals surface area contributed by atoms with E-state index in [4.69, 9.17) is 16.3 Å². The van der Waals surface area contributed by atoms with E-state index in [1.165, 1.54) is 0 Å². The Morgan fingerprint density at radius 3 is 2.08 bits per heavy atom. The second-order valence-electron chi connectivity index (χ2n) is 4.64. The van der Waals surface area contributed by atoms with Crippen LogP contribution >= 0.6 is 11.6 Å². The van der Waals surface area contributed by atoms with Crippen molar-refractivity contribution in [1.29, 1.82) is 0 Å². The van der Waals surface area contributed by atoms with Crippen molar-refractivity contribution >= 4 is 17.7 Å². The molecule has 78 valence electrons. The third-order valence-electron chi connectivity index (χ3n) is 1.17. The number of hydrogen-bond acceptors (Lipinski definition) is 2. The third-order valence-corrected chi connectivity index (χ3v) is 1.84. The lowest BCUT2D eigenvalue weighted by molar-refractivity contribution is 0.0482. The number of ether oxygens (including phenoxy) is 1. The van der Waals surface area contributed by atoms with Crippen LogP contribution in [-0.4, -0.2) is 23.1 Å². The Labute approximate surface area is 84.8 Å². The van der Waals surface area contributed by atoms with Crippen LogP contribution in [0.1, 0.15) is 34.6 Å². The molecule has 4 heteroatoms. The van der Waals surface area contributed by atoms with Crippen LogP contribution in [-0.2, 0) is 4.74 Å². The van der Waals surface area contributed by atoms with Crippen LogP contribution in [0.3, 0.4) is 0 Å². The van der Waals surface area contributed by atoms with Gasteiger partial charge in [-0.25, -0.2) is 4.79 Å². The number of carbonyl (C=O) groups excluding carboxylic acids is 1. The molecule has 1 amide bonds. The molecule has 1 N–H and O–H groups in total. The molecule has 13 heavy (non-hydrogen) atoms. The van der Waals surface area contributed by atoms with E-state index in [0.29, 0.717) is 5.88 Å². The fourth-order valence-electron chi connectivity index (χ4n) is 0.613. The summed E-state index contributed by atoms with van der Waals surface area (Å²) in [6.45, 7) is 9.13. The number of alkyl carbamates (subject to hydrolysis) is 1. The molecule has 0 aromatic rings. The minimum atomic E-state index is -0.466. The minimum absolute atomic E-state index is 0.353. The van der Waals surface area contributed by atoms with E-state index >= 15 is 0 Å². The van der Waals surface area contributed by atoms with E-state index in [1.807, 2.05) is 34.6 Å². The van der Waals surface area contributed by atoms with Gasteiger partial charge in [-0.3, -0.25) is 0 Å². The second-order valence-corrected chi connectivity index (χ2v) is 4.91. The minimum Gasteiger partial charge on any atom is -0.444 e. The van der Waals surface area contributed by atoms with E-state index in [9.17, 15) is 4.79 Å². The maximum atomic E-state index is 11.2. The zero-order chi connectivity index (χ0) is 10.7. The Morgan fingerprint density at radius 2 is 1.77 bits per heavy atom. The van der Waals surface area contributed by atoms with E-state index < -0.39 is 17.2 Å². The Bertz CT molecular complexity index is 185. The highest BCUT2D eigenvalue weighted by molar-refractivity contribution is 6.18. The highest BCUT2D eigenvalue weighted by atomic mass is 35.5. The van der Waals surface area contributed by atoms with Crippen molar-refractivity contribution in [3.05, 3.63) is 0 Å². The number of hydrogen-bond donors (Lipinski definition) is 1. The molecule has 0 heterocycles. The van der Waals surface area contributed by atoms with Crippen LogP contribution in [0.15, 0.2) is 0 Å². The zero-order valence-corrected chi connectivity index (χ0v) is 9.66. The molecule has 0 aliphatic carbocycles. The molecule has 0 atom stereocenters. The molecule has 0 rings (SSSR count). The second kappa shape index (κ2) is 4.18. The standard InChI is InChI=1S/C9H18ClNO2/c1-8(2,3)13-7(12)11-9(4,5)6-10/h6H2,1-5H3,(H,11,12). The van der Waals surface area contributed by atoms with Crippen molar-refractivity contribution in [3.63, 3.8) is 0 Å². The lowest BCUT2D eigenvalue weighted by atomic mass is 10.1. The molecule has 0 saturated heterocycles. The normalized spacial score (nSPS) is 12.5. The van der Waals surface area contributed by atoms with Gasteiger partial charge < -0.3 is 10.1 Å². The van der Waals surface area contributed by atoms with Crippen LogP contribution in [0, 0.1) is 0 Å². The highest BCUT2D eigenvalue weighted by Gasteiger charge is 2.23. The Balaban J connectivity index is 4.03. The largest absolute Gasteiger partial charge is 0.444 e. The van der Waals surface area contributed by atoms with Crippen molar-refractivity contribution in [1.82, 2.24) is 5.32 Å². The molecule has 3 nitrogen and oxygen atoms in total. The molecule has 0 aliphatic heterocycles. The Kier molecular flexibility index (Phi) is 4.04. The van der Waals surface area contributed by atoms with Gasteiger partial charge in [0.05, 0.1) is 5.54 Å². The number of nitrogens with one attached hydrogen (secondary N) is 1. The molecule has 0 unspecified atom stereocenters. The number of rotatable bonds is 2. The monoisotopic (exact) mass is 207 g/mol. The summed E-state index contributed by atoms with van der Waals surface area (Å²) in [5, 5.41) is 2.67. The molecule has 0 spiro atoms. The van der Waals surface area contributed by atoms with E-state index in [-0.39, 0.29) is 0 Å². The summed E-state index contributed by atoms with van der Waals surface area (Å²) < 4.78 is 5.07. The van der Waals surface area contributed by atoms with Crippen LogP contribution in [0.4, 0.5) is 4.79 Å². The van der Waals surface area contributed by atoms with Gasteiger partial charge in [-0.15, -0.1) is 11.6 Å². The fourth-order valence-corrected chi connectivity index (χ4v) is 0.680. The van der Waals surface area contributed by atoms with Crippen LogP contribution in [0.2, 0.25) is 0 Å². The van der Waals surface area contributed by atoms with Gasteiger partial charge in [0, 0.05) is 5.88 Å². The topological polar surface area (TPSA) is 38.3 Å². The van der Waals surface area contributed by atoms with Gasteiger partial charge in [0.25, 0.3) is 0 Å². The summed E-state index contributed by atoms with van der Waals surface area (Å²) in [5.74, 6) is 0.353. The first kappa shape index (κ1) is 12.6. The van der Waals surface area contributed by atoms with Crippen molar-refractivity contribution in [3.8, 4) is 0 Å². The van der Waals surface area contributed by atoms with Gasteiger partial charge in [0.2, 0.25) is 0 Å². The third kappa shape index (κ3) is 6.70. The molecule has 0 aromatic carbocycles. The molecule has 0 saturated carbocycles. The lowest BCUT2D eigenvalue weighted by Crippen LogP contribution is -2.47. The average Bonchev–Trinajstić information content (AvgIpc) is 1.81. The molecule has 0 fully saturated rings. The quantitative estimate of drug-likeness (QED) is 0.707. The van der Waals surface area contributed by atoms with E-state index in [1.54, 1.807) is 0 Å². The summed E-state index contributed by atoms with van der Waals surface area (Å²) in [6, 6.07) is 0. The summed E-state index contributed by atoms with van der Waals surface area (Å²) in [7, 11) is 0. The summed E-state index contributed by atoms with van der Waals surface area (Å²) >= 11 is 5.64. The van der Waals surface area contributed by atoms with Crippen LogP contribution in [0.5, 0.6) is 0 Å². The van der Waals surface area contributed by atoms with Gasteiger partial charge in [-0.2, -0.15) is 0 Å². The maximum Gasteiger partial charge on any atom is 0.408 e. The van der Waals surface area contributed by atoms with Gasteiger partial charge in [-0.1, -0.05) is 0 Å². The zero-order valence-electron chi connectivity index (χ0n) is 8.90. The van der Waals surface area contributed by atoms with Crippen molar-refractivity contribution < 1.29 is 9.53 Å². The first-order chi connectivity index (χ1) is 5.66. The highest BCUT2D eigenvalue weighted by Crippen LogP contribution is 2.10. The average molecular weight is 208 g/mol. The number of alkyl halides is 1. The van der Waals surface area contributed by atoms with Crippen molar-refractivity contribution in [2.24, 2.45) is 0 Å². The SMILES string of the molecule is CC(C)(CCl)NC(=O)OC(C)(C)C. The molecule has 0 aliphatic rings. The van der Waals surface area contributed by atoms with Gasteiger partial charge in [0.1, 0.15) is 5.60 Å². The molecule has 0 aromatic heterocycles. The van der Waals surface area contributed by atoms with Gasteiger partial charge in [-0.05, 0) is 34.6 Å². The number of amides is 1. The molecule has 0 radical (unpaired) electrons. The van der Waals surface area contributed by atoms with Crippen molar-refractivity contribution in [2.75, 3.05) is 5.88 Å². The first-order valence-electron chi connectivity index (χ1n) is 4.23. The summed E-state index contributed by atoms with van der Waals surface area (Å²) in [5.41, 5.74) is -0.892.